The van der Waals surface area contributed by atoms with Gasteiger partial charge in [0.2, 0.25) is 11.8 Å². The van der Waals surface area contributed by atoms with Gasteiger partial charge in [0.15, 0.2) is 0 Å². The second-order valence-corrected chi connectivity index (χ2v) is 12.1. The Morgan fingerprint density at radius 3 is 2.20 bits per heavy atom. The van der Waals surface area contributed by atoms with Gasteiger partial charge in [-0.3, -0.25) is 13.9 Å². The van der Waals surface area contributed by atoms with Crippen molar-refractivity contribution in [2.75, 3.05) is 24.5 Å². The van der Waals surface area contributed by atoms with Gasteiger partial charge in [0.25, 0.3) is 10.0 Å². The number of carbonyl (C=O) groups excluding carboxylic acids is 2. The molecule has 0 saturated carbocycles. The van der Waals surface area contributed by atoms with Gasteiger partial charge in [-0.05, 0) is 80.3 Å². The minimum Gasteiger partial charge on any atom is -0.497 e. The van der Waals surface area contributed by atoms with Crippen molar-refractivity contribution < 1.29 is 22.7 Å². The number of aryl methyl sites for hydroxylation is 2. The third-order valence-corrected chi connectivity index (χ3v) is 8.77. The number of anilines is 1. The van der Waals surface area contributed by atoms with Gasteiger partial charge in [0.05, 0.1) is 17.7 Å². The fraction of sp³-hybridized carbons (Fsp3) is 0.355. The summed E-state index contributed by atoms with van der Waals surface area (Å²) in [6, 6.07) is 17.7. The highest BCUT2D eigenvalue weighted by Crippen LogP contribution is 2.30. The summed E-state index contributed by atoms with van der Waals surface area (Å²) in [6.45, 7) is 7.46. The zero-order chi connectivity index (χ0) is 30.2. The molecule has 0 radical (unpaired) electrons. The van der Waals surface area contributed by atoms with E-state index in [1.807, 2.05) is 32.9 Å². The van der Waals surface area contributed by atoms with Crippen LogP contribution in [0.25, 0.3) is 0 Å². The van der Waals surface area contributed by atoms with Crippen LogP contribution in [0.2, 0.25) is 5.02 Å². The predicted octanol–water partition coefficient (Wildman–Crippen LogP) is 5.49. The van der Waals surface area contributed by atoms with E-state index in [1.165, 1.54) is 17.0 Å². The van der Waals surface area contributed by atoms with Crippen LogP contribution < -0.4 is 14.4 Å². The summed E-state index contributed by atoms with van der Waals surface area (Å²) in [5.41, 5.74) is 2.60. The molecule has 0 heterocycles. The molecular weight excluding hydrogens is 562 g/mol. The number of carbonyl (C=O) groups is 2. The Morgan fingerprint density at radius 2 is 1.63 bits per heavy atom. The van der Waals surface area contributed by atoms with Crippen LogP contribution in [-0.4, -0.2) is 51.4 Å². The van der Waals surface area contributed by atoms with Gasteiger partial charge in [-0.1, -0.05) is 55.3 Å². The van der Waals surface area contributed by atoms with Crippen molar-refractivity contribution in [2.24, 2.45) is 0 Å². The SMILES string of the molecule is CCCNC(=O)[C@@H](CC)N(Cc1ccc(OC)cc1)C(=O)CN(c1ccc(Cl)cc1C)S(=O)(=O)c1ccc(C)cc1. The summed E-state index contributed by atoms with van der Waals surface area (Å²) in [5.74, 6) is -0.135. The van der Waals surface area contributed by atoms with Gasteiger partial charge in [-0.15, -0.1) is 0 Å². The Morgan fingerprint density at radius 1 is 0.976 bits per heavy atom. The Kier molecular flexibility index (Phi) is 11.2. The smallest absolute Gasteiger partial charge is 0.264 e. The average Bonchev–Trinajstić information content (AvgIpc) is 2.95. The molecule has 3 aromatic rings. The Labute approximate surface area is 248 Å². The lowest BCUT2D eigenvalue weighted by Gasteiger charge is -2.33. The van der Waals surface area contributed by atoms with Gasteiger partial charge in [-0.2, -0.15) is 0 Å². The van der Waals surface area contributed by atoms with Crippen molar-refractivity contribution in [1.82, 2.24) is 10.2 Å². The van der Waals surface area contributed by atoms with Crippen LogP contribution in [0.4, 0.5) is 5.69 Å². The number of nitrogens with one attached hydrogen (secondary N) is 1. The summed E-state index contributed by atoms with van der Waals surface area (Å²) in [6.07, 6.45) is 1.09. The van der Waals surface area contributed by atoms with Crippen LogP contribution in [-0.2, 0) is 26.2 Å². The third-order valence-electron chi connectivity index (χ3n) is 6.76. The fourth-order valence-electron chi connectivity index (χ4n) is 4.46. The molecule has 0 aromatic heterocycles. The molecule has 10 heteroatoms. The molecule has 220 valence electrons. The molecule has 3 rings (SSSR count). The number of rotatable bonds is 13. The molecule has 0 aliphatic heterocycles. The standard InChI is InChI=1S/C31H38ClN3O5S/c1-6-18-33-31(37)28(7-2)34(20-24-10-13-26(40-5)14-11-24)30(36)21-35(29-17-12-25(32)19-23(29)4)41(38,39)27-15-8-22(3)9-16-27/h8-17,19,28H,6-7,18,20-21H2,1-5H3,(H,33,37)/t28-/m1/s1. The predicted molar refractivity (Wildman–Crippen MR) is 163 cm³/mol. The van der Waals surface area contributed by atoms with E-state index >= 15 is 0 Å². The Balaban J connectivity index is 2.07. The van der Waals surface area contributed by atoms with E-state index in [-0.39, 0.29) is 17.3 Å². The molecule has 0 aliphatic carbocycles. The van der Waals surface area contributed by atoms with Gasteiger partial charge >= 0.3 is 0 Å². The van der Waals surface area contributed by atoms with Crippen LogP contribution in [0, 0.1) is 13.8 Å². The highest BCUT2D eigenvalue weighted by molar-refractivity contribution is 7.92. The van der Waals surface area contributed by atoms with E-state index in [9.17, 15) is 18.0 Å². The first-order valence-electron chi connectivity index (χ1n) is 13.6. The van der Waals surface area contributed by atoms with Gasteiger partial charge in [0.1, 0.15) is 18.3 Å². The summed E-state index contributed by atoms with van der Waals surface area (Å²) < 4.78 is 34.4. The summed E-state index contributed by atoms with van der Waals surface area (Å²) in [4.78, 5) is 28.8. The van der Waals surface area contributed by atoms with E-state index < -0.39 is 28.5 Å². The first-order valence-corrected chi connectivity index (χ1v) is 15.4. The van der Waals surface area contributed by atoms with E-state index in [0.29, 0.717) is 35.0 Å². The fourth-order valence-corrected chi connectivity index (χ4v) is 6.17. The molecule has 3 aromatic carbocycles. The third kappa shape index (κ3) is 8.01. The molecule has 0 unspecified atom stereocenters. The molecule has 2 amide bonds. The maximum absolute atomic E-state index is 14.1. The summed E-state index contributed by atoms with van der Waals surface area (Å²) >= 11 is 6.18. The molecule has 41 heavy (non-hydrogen) atoms. The topological polar surface area (TPSA) is 96.0 Å². The maximum atomic E-state index is 14.1. The first-order chi connectivity index (χ1) is 19.5. The Hall–Kier alpha value is -3.56. The number of ether oxygens (including phenoxy) is 1. The van der Waals surface area contributed by atoms with Crippen molar-refractivity contribution in [3.05, 3.63) is 88.4 Å². The molecule has 1 N–H and O–H groups in total. The number of hydrogen-bond donors (Lipinski definition) is 1. The monoisotopic (exact) mass is 599 g/mol. The van der Waals surface area contributed by atoms with E-state index in [0.717, 1.165) is 21.9 Å². The van der Waals surface area contributed by atoms with E-state index in [4.69, 9.17) is 16.3 Å². The second-order valence-electron chi connectivity index (χ2n) is 9.84. The largest absolute Gasteiger partial charge is 0.497 e. The number of halogens is 1. The highest BCUT2D eigenvalue weighted by atomic mass is 35.5. The lowest BCUT2D eigenvalue weighted by molar-refractivity contribution is -0.140. The van der Waals surface area contributed by atoms with Crippen LogP contribution in [0.5, 0.6) is 5.75 Å². The lowest BCUT2D eigenvalue weighted by Crippen LogP contribution is -2.52. The summed E-state index contributed by atoms with van der Waals surface area (Å²) in [5, 5.41) is 3.33. The summed E-state index contributed by atoms with van der Waals surface area (Å²) in [7, 11) is -2.59. The first kappa shape index (κ1) is 32.0. The molecule has 0 fully saturated rings. The van der Waals surface area contributed by atoms with Crippen molar-refractivity contribution in [3.8, 4) is 5.75 Å². The zero-order valence-electron chi connectivity index (χ0n) is 24.2. The quantitative estimate of drug-likeness (QED) is 0.280. The molecule has 0 aliphatic rings. The van der Waals surface area contributed by atoms with Crippen LogP contribution in [0.1, 0.15) is 43.4 Å². The van der Waals surface area contributed by atoms with Gasteiger partial charge < -0.3 is 15.0 Å². The number of hydrogen-bond acceptors (Lipinski definition) is 5. The molecule has 8 nitrogen and oxygen atoms in total. The minimum atomic E-state index is -4.16. The molecule has 0 bridgehead atoms. The number of amides is 2. The Bertz CT molecular complexity index is 1440. The van der Waals surface area contributed by atoms with E-state index in [2.05, 4.69) is 5.32 Å². The second kappa shape index (κ2) is 14.4. The van der Waals surface area contributed by atoms with Crippen molar-refractivity contribution in [1.29, 1.82) is 0 Å². The van der Waals surface area contributed by atoms with Crippen molar-refractivity contribution >= 4 is 39.1 Å². The van der Waals surface area contributed by atoms with E-state index in [1.54, 1.807) is 56.5 Å². The number of benzene rings is 3. The van der Waals surface area contributed by atoms with Crippen molar-refractivity contribution in [3.63, 3.8) is 0 Å². The number of nitrogens with zero attached hydrogens (tertiary/aromatic N) is 2. The normalized spacial score (nSPS) is 12.0. The lowest BCUT2D eigenvalue weighted by atomic mass is 10.1. The van der Waals surface area contributed by atoms with Crippen LogP contribution >= 0.6 is 11.6 Å². The molecule has 1 atom stereocenters. The highest BCUT2D eigenvalue weighted by Gasteiger charge is 2.34. The molecule has 0 saturated heterocycles. The van der Waals surface area contributed by atoms with Crippen LogP contribution in [0.3, 0.4) is 0 Å². The average molecular weight is 600 g/mol. The number of methoxy groups -OCH3 is 1. The van der Waals surface area contributed by atoms with Crippen LogP contribution in [0.15, 0.2) is 71.6 Å². The van der Waals surface area contributed by atoms with Gasteiger partial charge in [-0.25, -0.2) is 8.42 Å². The number of sulfonamides is 1. The van der Waals surface area contributed by atoms with Gasteiger partial charge in [0, 0.05) is 18.1 Å². The van der Waals surface area contributed by atoms with Crippen molar-refractivity contribution in [2.45, 2.75) is 58.0 Å². The maximum Gasteiger partial charge on any atom is 0.264 e. The zero-order valence-corrected chi connectivity index (χ0v) is 25.8. The molecular formula is C31H38ClN3O5S. The minimum absolute atomic E-state index is 0.0553. The molecule has 0 spiro atoms.